The summed E-state index contributed by atoms with van der Waals surface area (Å²) >= 11 is 13.3. The van der Waals surface area contributed by atoms with Crippen molar-refractivity contribution in [3.8, 4) is 0 Å². The van der Waals surface area contributed by atoms with Crippen LogP contribution in [0.5, 0.6) is 0 Å². The molecule has 11 nitrogen and oxygen atoms in total. The maximum Gasteiger partial charge on any atom is 0.409 e. The first-order chi connectivity index (χ1) is 21.6. The first kappa shape index (κ1) is 39.9. The Labute approximate surface area is 297 Å². The van der Waals surface area contributed by atoms with Crippen LogP contribution in [-0.4, -0.2) is 90.7 Å². The molecule has 4 rings (SSSR count). The number of hydrogen-bond donors (Lipinski definition) is 1. The van der Waals surface area contributed by atoms with Crippen LogP contribution in [0.25, 0.3) is 0 Å². The number of methoxy groups -OCH3 is 2. The van der Waals surface area contributed by atoms with Gasteiger partial charge >= 0.3 is 18.0 Å². The van der Waals surface area contributed by atoms with E-state index in [2.05, 4.69) is 5.32 Å². The third kappa shape index (κ3) is 9.20. The summed E-state index contributed by atoms with van der Waals surface area (Å²) in [5.41, 5.74) is 0.414. The molecule has 256 valence electrons. The smallest absolute Gasteiger partial charge is 0.409 e. The van der Waals surface area contributed by atoms with Crippen molar-refractivity contribution in [2.24, 2.45) is 0 Å². The van der Waals surface area contributed by atoms with E-state index in [1.54, 1.807) is 60.4 Å². The molecule has 2 aromatic rings. The average molecular weight is 752 g/mol. The van der Waals surface area contributed by atoms with Crippen molar-refractivity contribution in [2.75, 3.05) is 52.8 Å². The minimum absolute atomic E-state index is 0. The van der Waals surface area contributed by atoms with Crippen LogP contribution in [0, 0.1) is 0 Å². The van der Waals surface area contributed by atoms with Crippen LogP contribution in [0.1, 0.15) is 24.8 Å². The largest absolute Gasteiger partial charge is 0.466 e. The molecule has 0 aliphatic carbocycles. The van der Waals surface area contributed by atoms with Crippen LogP contribution in [-0.2, 0) is 39.4 Å². The summed E-state index contributed by atoms with van der Waals surface area (Å²) in [7, 11) is 0.714. The van der Waals surface area contributed by atoms with Gasteiger partial charge in [-0.1, -0.05) is 47.5 Å². The third-order valence-electron chi connectivity index (χ3n) is 7.40. The molecule has 1 unspecified atom stereocenters. The molecule has 0 spiro atoms. The van der Waals surface area contributed by atoms with Crippen LogP contribution >= 0.6 is 48.0 Å². The molecule has 47 heavy (non-hydrogen) atoms. The Bertz CT molecular complexity index is 1540. The van der Waals surface area contributed by atoms with Gasteiger partial charge in [0.1, 0.15) is 0 Å². The van der Waals surface area contributed by atoms with Gasteiger partial charge < -0.3 is 29.3 Å². The minimum atomic E-state index is -1.65. The van der Waals surface area contributed by atoms with Gasteiger partial charge in [0, 0.05) is 58.1 Å². The molecule has 2 heterocycles. The zero-order valence-corrected chi connectivity index (χ0v) is 29.7. The number of halogens is 4. The van der Waals surface area contributed by atoms with Gasteiger partial charge in [-0.3, -0.25) is 9.00 Å². The lowest BCUT2D eigenvalue weighted by Crippen LogP contribution is -2.51. The summed E-state index contributed by atoms with van der Waals surface area (Å²) in [4.78, 5) is 56.4. The predicted octanol–water partition coefficient (Wildman–Crippen LogP) is 4.88. The predicted molar refractivity (Wildman–Crippen MR) is 182 cm³/mol. The fourth-order valence-corrected chi connectivity index (χ4v) is 6.98. The van der Waals surface area contributed by atoms with Crippen LogP contribution in [0.2, 0.25) is 10.0 Å². The van der Waals surface area contributed by atoms with Crippen LogP contribution < -0.4 is 5.32 Å². The van der Waals surface area contributed by atoms with Crippen molar-refractivity contribution < 1.29 is 37.6 Å². The van der Waals surface area contributed by atoms with Crippen molar-refractivity contribution in [1.29, 1.82) is 0 Å². The van der Waals surface area contributed by atoms with Crippen LogP contribution in [0.15, 0.2) is 76.0 Å². The van der Waals surface area contributed by atoms with Gasteiger partial charge in [-0.2, -0.15) is 0 Å². The Morgan fingerprint density at radius 1 is 0.830 bits per heavy atom. The van der Waals surface area contributed by atoms with E-state index in [9.17, 15) is 23.4 Å². The molecule has 2 atom stereocenters. The average Bonchev–Trinajstić information content (AvgIpc) is 3.04. The van der Waals surface area contributed by atoms with E-state index in [1.165, 1.54) is 19.1 Å². The van der Waals surface area contributed by atoms with E-state index in [4.69, 9.17) is 37.4 Å². The minimum Gasteiger partial charge on any atom is -0.466 e. The third-order valence-corrected chi connectivity index (χ3v) is 9.40. The Hall–Kier alpha value is -3.29. The zero-order chi connectivity index (χ0) is 32.7. The maximum atomic E-state index is 13.7. The lowest BCUT2D eigenvalue weighted by atomic mass is 9.79. The Kier molecular flexibility index (Phi) is 15.5. The molecule has 1 N–H and O–H groups in total. The molecule has 1 saturated heterocycles. The molecular formula is C31H35Cl4N3O8S. The number of benzene rings is 2. The Morgan fingerprint density at radius 2 is 1.36 bits per heavy atom. The van der Waals surface area contributed by atoms with Crippen LogP contribution in [0.3, 0.4) is 0 Å². The fourth-order valence-electron chi connectivity index (χ4n) is 5.24. The first-order valence-corrected chi connectivity index (χ1v) is 16.1. The summed E-state index contributed by atoms with van der Waals surface area (Å²) in [5.74, 6) is -3.40. The number of rotatable bonds is 9. The van der Waals surface area contributed by atoms with E-state index >= 15 is 0 Å². The highest BCUT2D eigenvalue weighted by atomic mass is 35.5. The highest BCUT2D eigenvalue weighted by Gasteiger charge is 2.42. The van der Waals surface area contributed by atoms with Crippen molar-refractivity contribution in [1.82, 2.24) is 15.1 Å². The molecule has 0 saturated carbocycles. The Balaban J connectivity index is 0.00000384. The normalized spacial score (nSPS) is 16.7. The molecule has 2 aliphatic rings. The van der Waals surface area contributed by atoms with E-state index in [1.807, 2.05) is 0 Å². The number of carbonyl (C=O) groups is 4. The zero-order valence-electron chi connectivity index (χ0n) is 25.8. The summed E-state index contributed by atoms with van der Waals surface area (Å²) < 4.78 is 28.9. The second-order valence-corrected chi connectivity index (χ2v) is 12.3. The van der Waals surface area contributed by atoms with Gasteiger partial charge in [0.15, 0.2) is 0 Å². The standard InChI is InChI=1S/C31H33Cl2N3O8S.2ClH/c1-4-44-31(40)36-15-13-35(14-16-36)24(37)17-22-26(29(38)42-2)28(25-20(32)11-8-12-21(25)33)27(30(39)43-3)23(34-22)18-45(41)19-9-6-5-7-10-19;;/h5-12,28,34H,4,13-18H2,1-3H3;2*1H/t28-,45?;;/m0../s1. The lowest BCUT2D eigenvalue weighted by Gasteiger charge is -2.36. The second-order valence-electron chi connectivity index (χ2n) is 10.0. The topological polar surface area (TPSA) is 132 Å². The van der Waals surface area contributed by atoms with Crippen molar-refractivity contribution in [2.45, 2.75) is 24.2 Å². The van der Waals surface area contributed by atoms with E-state index in [0.717, 1.165) is 0 Å². The second kappa shape index (κ2) is 18.3. The SMILES string of the molecule is CCOC(=O)N1CCN(C(=O)CC2=C(C(=O)OC)[C@H](c3c(Cl)cccc3Cl)C(C(=O)OC)=C(CS(=O)c3ccccc3)N2)CC1.Cl.Cl. The number of piperazine rings is 1. The maximum absolute atomic E-state index is 13.7. The van der Waals surface area contributed by atoms with Gasteiger partial charge in [0.05, 0.1) is 60.9 Å². The molecule has 1 fully saturated rings. The van der Waals surface area contributed by atoms with E-state index in [0.29, 0.717) is 4.90 Å². The van der Waals surface area contributed by atoms with Gasteiger partial charge in [-0.15, -0.1) is 24.8 Å². The number of ether oxygens (including phenoxy) is 3. The number of esters is 2. The molecule has 0 aromatic heterocycles. The highest BCUT2D eigenvalue weighted by Crippen LogP contribution is 2.45. The summed E-state index contributed by atoms with van der Waals surface area (Å²) in [5, 5.41) is 3.39. The lowest BCUT2D eigenvalue weighted by molar-refractivity contribution is -0.137. The number of hydrogen-bond acceptors (Lipinski definition) is 9. The molecule has 0 bridgehead atoms. The quantitative estimate of drug-likeness (QED) is 0.282. The van der Waals surface area contributed by atoms with Gasteiger partial charge in [0.2, 0.25) is 5.91 Å². The fraction of sp³-hybridized carbons (Fsp3) is 0.355. The number of dihydropyridines is 1. The monoisotopic (exact) mass is 749 g/mol. The van der Waals surface area contributed by atoms with Gasteiger partial charge in [0.25, 0.3) is 0 Å². The summed E-state index contributed by atoms with van der Waals surface area (Å²) in [6.07, 6.45) is -0.761. The van der Waals surface area contributed by atoms with Crippen molar-refractivity contribution >= 4 is 82.8 Å². The summed E-state index contributed by atoms with van der Waals surface area (Å²) in [6.45, 7) is 2.98. The van der Waals surface area contributed by atoms with E-state index in [-0.39, 0.29) is 114 Å². The molecule has 2 aromatic carbocycles. The molecule has 2 aliphatic heterocycles. The van der Waals surface area contributed by atoms with Crippen molar-refractivity contribution in [3.05, 3.63) is 86.7 Å². The van der Waals surface area contributed by atoms with E-state index < -0.39 is 34.7 Å². The number of amides is 2. The van der Waals surface area contributed by atoms with Gasteiger partial charge in [-0.25, -0.2) is 14.4 Å². The highest BCUT2D eigenvalue weighted by molar-refractivity contribution is 7.85. The molecule has 0 radical (unpaired) electrons. The van der Waals surface area contributed by atoms with Crippen molar-refractivity contribution in [3.63, 3.8) is 0 Å². The summed E-state index contributed by atoms with van der Waals surface area (Å²) in [6, 6.07) is 13.4. The Morgan fingerprint density at radius 3 is 1.89 bits per heavy atom. The molecule has 16 heteroatoms. The first-order valence-electron chi connectivity index (χ1n) is 14.1. The number of nitrogens with zero attached hydrogens (tertiary/aromatic N) is 2. The number of carbonyl (C=O) groups excluding carboxylic acids is 4. The molecular weight excluding hydrogens is 716 g/mol. The van der Waals surface area contributed by atoms with Gasteiger partial charge in [-0.05, 0) is 31.2 Å². The van der Waals surface area contributed by atoms with Crippen LogP contribution in [0.4, 0.5) is 4.79 Å². The molecule has 2 amide bonds. The number of nitrogens with one attached hydrogen (secondary N) is 1.